The molecule has 0 bridgehead atoms. The van der Waals surface area contributed by atoms with Crippen LogP contribution >= 0.6 is 0 Å². The van der Waals surface area contributed by atoms with Gasteiger partial charge in [0.2, 0.25) is 11.8 Å². The molecule has 1 N–H and O–H groups in total. The second-order valence-corrected chi connectivity index (χ2v) is 5.58. The predicted octanol–water partition coefficient (Wildman–Crippen LogP) is 1.91. The van der Waals surface area contributed by atoms with Gasteiger partial charge in [0.25, 0.3) is 0 Å². The fourth-order valence-corrected chi connectivity index (χ4v) is 2.47. The van der Waals surface area contributed by atoms with E-state index in [1.54, 1.807) is 4.90 Å². The Kier molecular flexibility index (Phi) is 4.64. The van der Waals surface area contributed by atoms with Crippen LogP contribution in [0.2, 0.25) is 0 Å². The second-order valence-electron chi connectivity index (χ2n) is 5.58. The maximum Gasteiger partial charge on any atom is 0.227 e. The molecule has 1 aromatic carbocycles. The minimum absolute atomic E-state index is 0.0169. The Morgan fingerprint density at radius 1 is 1.52 bits per heavy atom. The minimum Gasteiger partial charge on any atom is -0.345 e. The molecular weight excluding hydrogens is 264 g/mol. The molecule has 1 atom stereocenters. The number of hydrogen-bond donors (Lipinski definition) is 1. The first-order valence-electron chi connectivity index (χ1n) is 7.14. The summed E-state index contributed by atoms with van der Waals surface area (Å²) in [4.78, 5) is 25.8. The highest BCUT2D eigenvalue weighted by molar-refractivity contribution is 6.00. The van der Waals surface area contributed by atoms with Gasteiger partial charge in [-0.25, -0.2) is 0 Å². The van der Waals surface area contributed by atoms with Gasteiger partial charge >= 0.3 is 0 Å². The van der Waals surface area contributed by atoms with Crippen LogP contribution in [0.25, 0.3) is 0 Å². The first kappa shape index (κ1) is 15.1. The monoisotopic (exact) mass is 284 g/mol. The average molecular weight is 284 g/mol. The van der Waals surface area contributed by atoms with Gasteiger partial charge in [0.05, 0.1) is 12.5 Å². The molecule has 0 spiro atoms. The van der Waals surface area contributed by atoms with Crippen molar-refractivity contribution in [3.63, 3.8) is 0 Å². The largest absolute Gasteiger partial charge is 0.345 e. The molecule has 4 heteroatoms. The third kappa shape index (κ3) is 3.43. The highest BCUT2D eigenvalue weighted by Crippen LogP contribution is 2.27. The summed E-state index contributed by atoms with van der Waals surface area (Å²) in [7, 11) is 0. The molecule has 2 amide bonds. The summed E-state index contributed by atoms with van der Waals surface area (Å²) in [5, 5.41) is 2.64. The maximum atomic E-state index is 12.2. The number of nitrogens with zero attached hydrogens (tertiary/aromatic N) is 1. The van der Waals surface area contributed by atoms with Gasteiger partial charge in [0.1, 0.15) is 0 Å². The van der Waals surface area contributed by atoms with E-state index in [1.807, 2.05) is 24.3 Å². The zero-order valence-electron chi connectivity index (χ0n) is 12.4. The van der Waals surface area contributed by atoms with E-state index < -0.39 is 0 Å². The van der Waals surface area contributed by atoms with Crippen LogP contribution in [-0.4, -0.2) is 24.9 Å². The molecule has 1 saturated heterocycles. The molecule has 1 aliphatic rings. The molecule has 21 heavy (non-hydrogen) atoms. The molecule has 4 nitrogen and oxygen atoms in total. The Morgan fingerprint density at radius 2 is 2.29 bits per heavy atom. The minimum atomic E-state index is -0.325. The van der Waals surface area contributed by atoms with Crippen LogP contribution in [0.1, 0.15) is 31.7 Å². The van der Waals surface area contributed by atoms with E-state index in [9.17, 15) is 9.59 Å². The molecule has 1 fully saturated rings. The Labute approximate surface area is 125 Å². The highest BCUT2D eigenvalue weighted by atomic mass is 16.2. The molecular formula is C17H20N2O2. The van der Waals surface area contributed by atoms with Crippen LogP contribution in [0.3, 0.4) is 0 Å². The lowest BCUT2D eigenvalue weighted by Crippen LogP contribution is -2.33. The van der Waals surface area contributed by atoms with E-state index >= 15 is 0 Å². The van der Waals surface area contributed by atoms with Crippen molar-refractivity contribution in [1.29, 1.82) is 0 Å². The van der Waals surface area contributed by atoms with E-state index in [1.165, 1.54) is 5.56 Å². The van der Waals surface area contributed by atoms with Gasteiger partial charge in [-0.3, -0.25) is 9.59 Å². The Hall–Kier alpha value is -2.28. The number of benzene rings is 1. The zero-order valence-corrected chi connectivity index (χ0v) is 12.4. The normalized spacial score (nSPS) is 17.9. The lowest BCUT2D eigenvalue weighted by atomic mass is 10.0. The molecule has 0 aromatic heterocycles. The van der Waals surface area contributed by atoms with Crippen molar-refractivity contribution in [2.75, 3.05) is 18.0 Å². The van der Waals surface area contributed by atoms with E-state index in [2.05, 4.69) is 25.1 Å². The number of nitrogens with one attached hydrogen (secondary N) is 1. The summed E-state index contributed by atoms with van der Waals surface area (Å²) in [5.41, 5.74) is 2.04. The summed E-state index contributed by atoms with van der Waals surface area (Å²) in [5.74, 6) is 2.27. The molecule has 0 saturated carbocycles. The van der Waals surface area contributed by atoms with Crippen molar-refractivity contribution in [2.45, 2.75) is 26.2 Å². The van der Waals surface area contributed by atoms with Gasteiger partial charge < -0.3 is 10.2 Å². The van der Waals surface area contributed by atoms with E-state index in [0.717, 1.165) is 5.69 Å². The van der Waals surface area contributed by atoms with Crippen molar-refractivity contribution in [3.05, 3.63) is 29.8 Å². The SMILES string of the molecule is C#CCNC(=O)[C@H]1CC(=O)N(c2cccc(C(C)C)c2)C1. The number of carbonyl (C=O) groups excluding carboxylic acids is 2. The average Bonchev–Trinajstić information content (AvgIpc) is 2.87. The number of hydrogen-bond acceptors (Lipinski definition) is 2. The van der Waals surface area contributed by atoms with E-state index in [4.69, 9.17) is 6.42 Å². The predicted molar refractivity (Wildman–Crippen MR) is 82.8 cm³/mol. The van der Waals surface area contributed by atoms with Crippen molar-refractivity contribution in [1.82, 2.24) is 5.32 Å². The molecule has 2 rings (SSSR count). The molecule has 110 valence electrons. The Morgan fingerprint density at radius 3 is 2.95 bits per heavy atom. The first-order valence-corrected chi connectivity index (χ1v) is 7.14. The third-order valence-corrected chi connectivity index (χ3v) is 3.71. The van der Waals surface area contributed by atoms with Crippen LogP contribution in [0.15, 0.2) is 24.3 Å². The van der Waals surface area contributed by atoms with Crippen molar-refractivity contribution >= 4 is 17.5 Å². The van der Waals surface area contributed by atoms with Crippen molar-refractivity contribution in [2.24, 2.45) is 5.92 Å². The van der Waals surface area contributed by atoms with Crippen LogP contribution in [0.4, 0.5) is 5.69 Å². The molecule has 1 heterocycles. The molecule has 0 aliphatic carbocycles. The van der Waals surface area contributed by atoms with E-state index in [-0.39, 0.29) is 30.7 Å². The van der Waals surface area contributed by atoms with Crippen molar-refractivity contribution in [3.8, 4) is 12.3 Å². The molecule has 0 unspecified atom stereocenters. The van der Waals surface area contributed by atoms with E-state index in [0.29, 0.717) is 12.5 Å². The van der Waals surface area contributed by atoms with Gasteiger partial charge in [-0.2, -0.15) is 0 Å². The smallest absolute Gasteiger partial charge is 0.227 e. The molecule has 1 aromatic rings. The third-order valence-electron chi connectivity index (χ3n) is 3.71. The summed E-state index contributed by atoms with van der Waals surface area (Å²) in [6.45, 7) is 4.84. The van der Waals surface area contributed by atoms with Gasteiger partial charge in [-0.05, 0) is 23.6 Å². The fraction of sp³-hybridized carbons (Fsp3) is 0.412. The number of amides is 2. The lowest BCUT2D eigenvalue weighted by molar-refractivity contribution is -0.126. The molecule has 1 aliphatic heterocycles. The summed E-state index contributed by atoms with van der Waals surface area (Å²) in [6.07, 6.45) is 5.36. The lowest BCUT2D eigenvalue weighted by Gasteiger charge is -2.18. The second kappa shape index (κ2) is 6.45. The summed E-state index contributed by atoms with van der Waals surface area (Å²) in [6, 6.07) is 7.92. The first-order chi connectivity index (χ1) is 10.0. The van der Waals surface area contributed by atoms with Gasteiger partial charge in [-0.15, -0.1) is 6.42 Å². The van der Waals surface area contributed by atoms with Gasteiger partial charge in [-0.1, -0.05) is 31.9 Å². The van der Waals surface area contributed by atoms with Gasteiger partial charge in [0.15, 0.2) is 0 Å². The van der Waals surface area contributed by atoms with Crippen LogP contribution in [0.5, 0.6) is 0 Å². The highest BCUT2D eigenvalue weighted by Gasteiger charge is 2.34. The number of terminal acetylenes is 1. The summed E-state index contributed by atoms with van der Waals surface area (Å²) >= 11 is 0. The van der Waals surface area contributed by atoms with Gasteiger partial charge in [0, 0.05) is 18.7 Å². The van der Waals surface area contributed by atoms with Crippen LogP contribution in [-0.2, 0) is 9.59 Å². The van der Waals surface area contributed by atoms with Crippen LogP contribution in [0, 0.1) is 18.3 Å². The fourth-order valence-electron chi connectivity index (χ4n) is 2.47. The maximum absolute atomic E-state index is 12.2. The zero-order chi connectivity index (χ0) is 15.4. The molecule has 0 radical (unpaired) electrons. The number of rotatable bonds is 4. The Balaban J connectivity index is 2.11. The van der Waals surface area contributed by atoms with Crippen molar-refractivity contribution < 1.29 is 9.59 Å². The Bertz CT molecular complexity index is 587. The number of anilines is 1. The quantitative estimate of drug-likeness (QED) is 0.859. The summed E-state index contributed by atoms with van der Waals surface area (Å²) < 4.78 is 0. The topological polar surface area (TPSA) is 49.4 Å². The standard InChI is InChI=1S/C17H20N2O2/c1-4-8-18-17(21)14-10-16(20)19(11-14)15-7-5-6-13(9-15)12(2)3/h1,5-7,9,12,14H,8,10-11H2,2-3H3,(H,18,21)/t14-/m0/s1. The van der Waals surface area contributed by atoms with Crippen LogP contribution < -0.4 is 10.2 Å². The number of carbonyl (C=O) groups is 2.